The molecule has 5 nitrogen and oxygen atoms in total. The van der Waals surface area contributed by atoms with Crippen molar-refractivity contribution < 1.29 is 23.5 Å². The number of aryl methyl sites for hydroxylation is 1. The third-order valence-corrected chi connectivity index (χ3v) is 5.22. The Morgan fingerprint density at radius 2 is 1.58 bits per heavy atom. The fraction of sp³-hybridized carbons (Fsp3) is 0.259. The number of carbonyl (C=O) groups is 2. The Labute approximate surface area is 193 Å². The number of unbranched alkanes of at least 4 members (excludes halogenated alkanes) is 1. The van der Waals surface area contributed by atoms with E-state index in [0.29, 0.717) is 18.7 Å². The fourth-order valence-electron chi connectivity index (χ4n) is 3.36. The lowest BCUT2D eigenvalue weighted by atomic mass is 10.0. The molecule has 0 saturated heterocycles. The zero-order valence-electron chi connectivity index (χ0n) is 18.7. The second kappa shape index (κ2) is 12.4. The van der Waals surface area contributed by atoms with Crippen molar-refractivity contribution in [3.05, 3.63) is 89.7 Å². The number of hydrogen-bond acceptors (Lipinski definition) is 4. The largest absolute Gasteiger partial charge is 0.482 e. The average Bonchev–Trinajstić information content (AvgIpc) is 2.84. The van der Waals surface area contributed by atoms with E-state index in [4.69, 9.17) is 4.74 Å². The first-order valence-corrected chi connectivity index (χ1v) is 10.9. The van der Waals surface area contributed by atoms with Crippen LogP contribution in [0.25, 0.3) is 11.1 Å². The summed E-state index contributed by atoms with van der Waals surface area (Å²) in [5.41, 5.74) is 4.04. The number of rotatable bonds is 11. The summed E-state index contributed by atoms with van der Waals surface area (Å²) < 4.78 is 23.1. The van der Waals surface area contributed by atoms with Crippen molar-refractivity contribution in [2.24, 2.45) is 0 Å². The molecule has 3 aromatic rings. The molecule has 0 unspecified atom stereocenters. The van der Waals surface area contributed by atoms with Crippen LogP contribution in [0.4, 0.5) is 4.39 Å². The van der Waals surface area contributed by atoms with Crippen LogP contribution in [0.15, 0.2) is 72.8 Å². The molecule has 0 radical (unpaired) electrons. The van der Waals surface area contributed by atoms with Gasteiger partial charge in [-0.3, -0.25) is 4.79 Å². The molecule has 0 heterocycles. The average molecular weight is 450 g/mol. The van der Waals surface area contributed by atoms with E-state index in [-0.39, 0.29) is 18.3 Å². The fourth-order valence-corrected chi connectivity index (χ4v) is 3.36. The van der Waals surface area contributed by atoms with Crippen LogP contribution in [-0.2, 0) is 27.3 Å². The minimum Gasteiger partial charge on any atom is -0.482 e. The quantitative estimate of drug-likeness (QED) is 0.328. The van der Waals surface area contributed by atoms with Crippen molar-refractivity contribution in [2.45, 2.75) is 32.2 Å². The number of carbonyl (C=O) groups excluding carboxylic acids is 2. The Balaban J connectivity index is 1.39. The summed E-state index contributed by atoms with van der Waals surface area (Å²) in [6, 6.07) is 22.0. The molecule has 0 fully saturated rings. The van der Waals surface area contributed by atoms with Gasteiger partial charge in [0.15, 0.2) is 6.61 Å². The highest BCUT2D eigenvalue weighted by Gasteiger charge is 2.05. The first kappa shape index (κ1) is 24.0. The number of methoxy groups -OCH3 is 1. The van der Waals surface area contributed by atoms with Crippen LogP contribution in [0.2, 0.25) is 0 Å². The molecule has 3 aromatic carbocycles. The Morgan fingerprint density at radius 1 is 0.879 bits per heavy atom. The van der Waals surface area contributed by atoms with Gasteiger partial charge in [0.05, 0.1) is 7.11 Å². The predicted molar refractivity (Wildman–Crippen MR) is 125 cm³/mol. The van der Waals surface area contributed by atoms with Crippen LogP contribution >= 0.6 is 0 Å². The lowest BCUT2D eigenvalue weighted by molar-refractivity contribution is -0.142. The number of hydrogen-bond donors (Lipinski definition) is 1. The van der Waals surface area contributed by atoms with Gasteiger partial charge in [-0.15, -0.1) is 0 Å². The molecule has 3 rings (SSSR count). The highest BCUT2D eigenvalue weighted by Crippen LogP contribution is 2.23. The molecule has 0 bridgehead atoms. The van der Waals surface area contributed by atoms with Crippen LogP contribution in [0, 0.1) is 5.82 Å². The monoisotopic (exact) mass is 449 g/mol. The van der Waals surface area contributed by atoms with Crippen molar-refractivity contribution in [1.82, 2.24) is 5.32 Å². The third kappa shape index (κ3) is 8.07. The molecule has 0 atom stereocenters. The van der Waals surface area contributed by atoms with Crippen molar-refractivity contribution in [2.75, 3.05) is 13.7 Å². The number of ether oxygens (including phenoxy) is 2. The zero-order chi connectivity index (χ0) is 23.5. The number of esters is 1. The van der Waals surface area contributed by atoms with Gasteiger partial charge in [0.2, 0.25) is 5.91 Å². The molecular formula is C27H28FNO4. The minimum atomic E-state index is -0.425. The lowest BCUT2D eigenvalue weighted by Gasteiger charge is -2.08. The van der Waals surface area contributed by atoms with Gasteiger partial charge >= 0.3 is 5.97 Å². The van der Waals surface area contributed by atoms with Crippen molar-refractivity contribution >= 4 is 11.9 Å². The summed E-state index contributed by atoms with van der Waals surface area (Å²) in [7, 11) is 1.32. The molecule has 1 N–H and O–H groups in total. The van der Waals surface area contributed by atoms with Crippen LogP contribution in [0.5, 0.6) is 5.75 Å². The third-order valence-electron chi connectivity index (χ3n) is 5.22. The van der Waals surface area contributed by atoms with E-state index in [1.165, 1.54) is 19.2 Å². The molecule has 0 saturated carbocycles. The molecule has 0 aliphatic carbocycles. The van der Waals surface area contributed by atoms with Crippen LogP contribution in [0.1, 0.15) is 30.4 Å². The first-order valence-electron chi connectivity index (χ1n) is 10.9. The number of benzene rings is 3. The van der Waals surface area contributed by atoms with E-state index >= 15 is 0 Å². The van der Waals surface area contributed by atoms with Gasteiger partial charge in [-0.2, -0.15) is 0 Å². The van der Waals surface area contributed by atoms with Crippen LogP contribution in [0.3, 0.4) is 0 Å². The van der Waals surface area contributed by atoms with Crippen LogP contribution in [-0.4, -0.2) is 25.6 Å². The molecule has 1 amide bonds. The van der Waals surface area contributed by atoms with E-state index in [2.05, 4.69) is 10.1 Å². The summed E-state index contributed by atoms with van der Waals surface area (Å²) in [6.07, 6.45) is 2.83. The highest BCUT2D eigenvalue weighted by molar-refractivity contribution is 5.75. The lowest BCUT2D eigenvalue weighted by Crippen LogP contribution is -2.22. The van der Waals surface area contributed by atoms with E-state index in [1.807, 2.05) is 42.5 Å². The second-order valence-corrected chi connectivity index (χ2v) is 7.70. The van der Waals surface area contributed by atoms with Crippen molar-refractivity contribution in [1.29, 1.82) is 0 Å². The molecule has 6 heteroatoms. The topological polar surface area (TPSA) is 64.6 Å². The Morgan fingerprint density at radius 3 is 2.24 bits per heavy atom. The van der Waals surface area contributed by atoms with Gasteiger partial charge in [-0.1, -0.05) is 48.5 Å². The van der Waals surface area contributed by atoms with E-state index in [9.17, 15) is 14.0 Å². The van der Waals surface area contributed by atoms with E-state index in [1.54, 1.807) is 18.2 Å². The van der Waals surface area contributed by atoms with Crippen molar-refractivity contribution in [3.8, 4) is 16.9 Å². The molecule has 33 heavy (non-hydrogen) atoms. The Kier molecular flexibility index (Phi) is 9.00. The summed E-state index contributed by atoms with van der Waals surface area (Å²) in [6.45, 7) is 0.354. The highest BCUT2D eigenvalue weighted by atomic mass is 19.1. The number of amides is 1. The molecule has 0 aliphatic rings. The van der Waals surface area contributed by atoms with Gasteiger partial charge in [0.1, 0.15) is 11.6 Å². The number of halogens is 1. The van der Waals surface area contributed by atoms with Gasteiger partial charge in [0, 0.05) is 13.0 Å². The maximum atomic E-state index is 13.2. The van der Waals surface area contributed by atoms with Gasteiger partial charge in [-0.25, -0.2) is 9.18 Å². The van der Waals surface area contributed by atoms with E-state index < -0.39 is 5.97 Å². The molecule has 0 aliphatic heterocycles. The second-order valence-electron chi connectivity index (χ2n) is 7.70. The normalized spacial score (nSPS) is 10.5. The van der Waals surface area contributed by atoms with Gasteiger partial charge in [-0.05, 0) is 65.8 Å². The van der Waals surface area contributed by atoms with Gasteiger partial charge < -0.3 is 14.8 Å². The maximum Gasteiger partial charge on any atom is 0.343 e. The first-order chi connectivity index (χ1) is 16.0. The summed E-state index contributed by atoms with van der Waals surface area (Å²) in [5.74, 6) is -0.0381. The Hall–Kier alpha value is -3.67. The summed E-state index contributed by atoms with van der Waals surface area (Å²) >= 11 is 0. The SMILES string of the molecule is COC(=O)COc1ccc(-c2ccc(CNC(=O)CCCCc3cccc(F)c3)cc2)cc1. The minimum absolute atomic E-state index is 0.0147. The predicted octanol–water partition coefficient (Wildman–Crippen LogP) is 5.07. The molecule has 0 spiro atoms. The summed E-state index contributed by atoms with van der Waals surface area (Å²) in [4.78, 5) is 23.3. The summed E-state index contributed by atoms with van der Waals surface area (Å²) in [5, 5.41) is 2.95. The zero-order valence-corrected chi connectivity index (χ0v) is 18.7. The molecule has 172 valence electrons. The van der Waals surface area contributed by atoms with Crippen LogP contribution < -0.4 is 10.1 Å². The Bertz CT molecular complexity index is 1050. The maximum absolute atomic E-state index is 13.2. The molecular weight excluding hydrogens is 421 g/mol. The standard InChI is InChI=1S/C27H28FNO4/c1-32-27(31)19-33-25-15-13-23(14-16-25)22-11-9-21(10-12-22)18-29-26(30)8-3-2-5-20-6-4-7-24(28)17-20/h4,6-7,9-17H,2-3,5,8,18-19H2,1H3,(H,29,30). The molecule has 0 aromatic heterocycles. The number of nitrogens with one attached hydrogen (secondary N) is 1. The smallest absolute Gasteiger partial charge is 0.343 e. The van der Waals surface area contributed by atoms with E-state index in [0.717, 1.165) is 41.5 Å². The van der Waals surface area contributed by atoms with Crippen molar-refractivity contribution in [3.63, 3.8) is 0 Å². The van der Waals surface area contributed by atoms with Gasteiger partial charge in [0.25, 0.3) is 0 Å².